The first-order valence-electron chi connectivity index (χ1n) is 9.58. The number of aryl methyl sites for hydroxylation is 1. The molecule has 0 radical (unpaired) electrons. The number of nitrogens with one attached hydrogen (secondary N) is 1. The fourth-order valence-corrected chi connectivity index (χ4v) is 4.67. The number of thiazole rings is 1. The second-order valence-corrected chi connectivity index (χ2v) is 9.21. The maximum atomic E-state index is 12.2. The highest BCUT2D eigenvalue weighted by Crippen LogP contribution is 2.29. The van der Waals surface area contributed by atoms with E-state index in [0.29, 0.717) is 34.6 Å². The van der Waals surface area contributed by atoms with E-state index in [0.717, 1.165) is 21.2 Å². The number of carbonyl (C=O) groups excluding carboxylic acids is 1. The van der Waals surface area contributed by atoms with Crippen LogP contribution in [0.3, 0.4) is 0 Å². The largest absolute Gasteiger partial charge is 0.339 e. The molecule has 0 spiro atoms. The molecule has 6 nitrogen and oxygen atoms in total. The minimum Gasteiger partial charge on any atom is -0.339 e. The van der Waals surface area contributed by atoms with Crippen molar-refractivity contribution in [2.24, 2.45) is 0 Å². The van der Waals surface area contributed by atoms with E-state index in [2.05, 4.69) is 20.4 Å². The van der Waals surface area contributed by atoms with Gasteiger partial charge in [0.15, 0.2) is 10.2 Å². The summed E-state index contributed by atoms with van der Waals surface area (Å²) in [5, 5.41) is 9.53. The average molecular weight is 471 g/mol. The molecule has 0 saturated carbocycles. The van der Waals surface area contributed by atoms with Crippen LogP contribution in [-0.2, 0) is 17.0 Å². The lowest BCUT2D eigenvalue weighted by Crippen LogP contribution is -2.13. The lowest BCUT2D eigenvalue weighted by molar-refractivity contribution is -0.116. The number of carbonyl (C=O) groups is 1. The summed E-state index contributed by atoms with van der Waals surface area (Å²) >= 11 is 9.24. The van der Waals surface area contributed by atoms with Gasteiger partial charge in [-0.3, -0.25) is 4.79 Å². The molecule has 1 amide bonds. The number of anilines is 1. The summed E-state index contributed by atoms with van der Waals surface area (Å²) in [6, 6.07) is 15.5. The highest BCUT2D eigenvalue weighted by Gasteiger charge is 2.12. The smallest absolute Gasteiger partial charge is 0.227 e. The second-order valence-electron chi connectivity index (χ2n) is 6.72. The first kappa shape index (κ1) is 21.5. The zero-order chi connectivity index (χ0) is 21.6. The number of aromatic nitrogens is 3. The number of thioether (sulfide) groups is 1. The Hall–Kier alpha value is -2.68. The second kappa shape index (κ2) is 10.1. The van der Waals surface area contributed by atoms with Gasteiger partial charge in [0, 0.05) is 34.5 Å². The van der Waals surface area contributed by atoms with Crippen molar-refractivity contribution in [1.29, 1.82) is 0 Å². The van der Waals surface area contributed by atoms with Gasteiger partial charge in [0.1, 0.15) is 0 Å². The van der Waals surface area contributed by atoms with E-state index in [1.807, 2.05) is 48.7 Å². The molecule has 0 aliphatic rings. The molecule has 2 aromatic heterocycles. The van der Waals surface area contributed by atoms with Crippen LogP contribution < -0.4 is 5.32 Å². The van der Waals surface area contributed by atoms with E-state index in [-0.39, 0.29) is 12.3 Å². The zero-order valence-electron chi connectivity index (χ0n) is 16.7. The monoisotopic (exact) mass is 470 g/mol. The van der Waals surface area contributed by atoms with Crippen LogP contribution in [-0.4, -0.2) is 21.0 Å². The topological polar surface area (TPSA) is 80.9 Å². The van der Waals surface area contributed by atoms with Gasteiger partial charge < -0.3 is 9.84 Å². The summed E-state index contributed by atoms with van der Waals surface area (Å²) in [4.78, 5) is 21.3. The molecule has 31 heavy (non-hydrogen) atoms. The van der Waals surface area contributed by atoms with Gasteiger partial charge in [0.2, 0.25) is 11.8 Å². The Bertz CT molecular complexity index is 1180. The quantitative estimate of drug-likeness (QED) is 0.317. The Labute approximate surface area is 193 Å². The lowest BCUT2D eigenvalue weighted by Gasteiger charge is -2.08. The number of hydrogen-bond donors (Lipinski definition) is 1. The number of rotatable bonds is 8. The van der Waals surface area contributed by atoms with Gasteiger partial charge in [-0.1, -0.05) is 64.9 Å². The molecule has 2 heterocycles. The number of amides is 1. The maximum Gasteiger partial charge on any atom is 0.227 e. The molecule has 4 aromatic rings. The molecular weight excluding hydrogens is 452 g/mol. The third-order valence-electron chi connectivity index (χ3n) is 4.50. The van der Waals surface area contributed by atoms with Crippen LogP contribution in [0.2, 0.25) is 5.02 Å². The SMILES string of the molecule is Cc1c(Cl)cccc1NC(=O)CCc1nc(CSc2nc(-c3ccccc3)cs2)no1. The molecule has 9 heteroatoms. The van der Waals surface area contributed by atoms with Crippen LogP contribution in [0.15, 0.2) is 62.8 Å². The van der Waals surface area contributed by atoms with E-state index in [1.165, 1.54) is 0 Å². The molecule has 0 unspecified atom stereocenters. The molecule has 4 rings (SSSR count). The van der Waals surface area contributed by atoms with Crippen molar-refractivity contribution < 1.29 is 9.32 Å². The Kier molecular flexibility index (Phi) is 7.01. The maximum absolute atomic E-state index is 12.2. The molecule has 0 aliphatic carbocycles. The van der Waals surface area contributed by atoms with Crippen LogP contribution in [0.5, 0.6) is 0 Å². The zero-order valence-corrected chi connectivity index (χ0v) is 19.1. The van der Waals surface area contributed by atoms with Crippen LogP contribution in [0, 0.1) is 6.92 Å². The summed E-state index contributed by atoms with van der Waals surface area (Å²) in [6.45, 7) is 1.87. The van der Waals surface area contributed by atoms with Crippen molar-refractivity contribution in [3.8, 4) is 11.3 Å². The normalized spacial score (nSPS) is 10.9. The lowest BCUT2D eigenvalue weighted by atomic mass is 10.2. The van der Waals surface area contributed by atoms with Crippen molar-refractivity contribution >= 4 is 46.3 Å². The van der Waals surface area contributed by atoms with Crippen LogP contribution in [0.25, 0.3) is 11.3 Å². The fraction of sp³-hybridized carbons (Fsp3) is 0.182. The predicted octanol–water partition coefficient (Wildman–Crippen LogP) is 6.02. The Morgan fingerprint density at radius 3 is 2.84 bits per heavy atom. The molecule has 2 aromatic carbocycles. The molecule has 0 atom stereocenters. The summed E-state index contributed by atoms with van der Waals surface area (Å²) in [7, 11) is 0. The van der Waals surface area contributed by atoms with Gasteiger partial charge in [0.05, 0.1) is 11.4 Å². The van der Waals surface area contributed by atoms with Crippen molar-refractivity contribution in [1.82, 2.24) is 15.1 Å². The van der Waals surface area contributed by atoms with Crippen molar-refractivity contribution in [3.05, 3.63) is 76.2 Å². The summed E-state index contributed by atoms with van der Waals surface area (Å²) in [5.74, 6) is 1.45. The van der Waals surface area contributed by atoms with E-state index in [4.69, 9.17) is 16.1 Å². The standard InChI is InChI=1S/C22H19ClN4O2S2/c1-14-16(23)8-5-9-17(14)24-20(28)10-11-21-26-19(27-29-21)13-31-22-25-18(12-30-22)15-6-3-2-4-7-15/h2-9,12H,10-11,13H2,1H3,(H,24,28). The van der Waals surface area contributed by atoms with Gasteiger partial charge in [-0.2, -0.15) is 4.98 Å². The molecule has 0 bridgehead atoms. The van der Waals surface area contributed by atoms with Crippen molar-refractivity contribution in [3.63, 3.8) is 0 Å². The van der Waals surface area contributed by atoms with Crippen LogP contribution in [0.1, 0.15) is 23.7 Å². The highest BCUT2D eigenvalue weighted by molar-refractivity contribution is 8.00. The number of halogens is 1. The number of benzene rings is 2. The van der Waals surface area contributed by atoms with Gasteiger partial charge in [0.25, 0.3) is 0 Å². The molecular formula is C22H19ClN4O2S2. The Morgan fingerprint density at radius 1 is 1.16 bits per heavy atom. The van der Waals surface area contributed by atoms with Gasteiger partial charge in [-0.05, 0) is 24.6 Å². The van der Waals surface area contributed by atoms with Crippen molar-refractivity contribution in [2.75, 3.05) is 5.32 Å². The first-order valence-corrected chi connectivity index (χ1v) is 11.8. The van der Waals surface area contributed by atoms with Gasteiger partial charge >= 0.3 is 0 Å². The third kappa shape index (κ3) is 5.72. The van der Waals surface area contributed by atoms with Gasteiger partial charge in [-0.25, -0.2) is 4.98 Å². The fourth-order valence-electron chi connectivity index (χ4n) is 2.82. The van der Waals surface area contributed by atoms with Crippen LogP contribution >= 0.6 is 34.7 Å². The van der Waals surface area contributed by atoms with E-state index in [9.17, 15) is 4.79 Å². The van der Waals surface area contributed by atoms with Crippen molar-refractivity contribution in [2.45, 2.75) is 29.9 Å². The number of nitrogens with zero attached hydrogens (tertiary/aromatic N) is 3. The summed E-state index contributed by atoms with van der Waals surface area (Å²) in [6.07, 6.45) is 0.617. The summed E-state index contributed by atoms with van der Waals surface area (Å²) in [5.41, 5.74) is 3.60. The predicted molar refractivity (Wildman–Crippen MR) is 125 cm³/mol. The minimum absolute atomic E-state index is 0.129. The van der Waals surface area contributed by atoms with E-state index in [1.54, 1.807) is 35.2 Å². The first-order chi connectivity index (χ1) is 15.1. The van der Waals surface area contributed by atoms with Gasteiger partial charge in [-0.15, -0.1) is 11.3 Å². The minimum atomic E-state index is -0.129. The van der Waals surface area contributed by atoms with E-state index >= 15 is 0 Å². The molecule has 0 fully saturated rings. The molecule has 0 saturated heterocycles. The molecule has 158 valence electrons. The summed E-state index contributed by atoms with van der Waals surface area (Å²) < 4.78 is 6.22. The Balaban J connectivity index is 1.26. The van der Waals surface area contributed by atoms with E-state index < -0.39 is 0 Å². The Morgan fingerprint density at radius 2 is 2.00 bits per heavy atom. The van der Waals surface area contributed by atoms with Crippen LogP contribution in [0.4, 0.5) is 5.69 Å². The molecule has 0 aliphatic heterocycles. The highest BCUT2D eigenvalue weighted by atomic mass is 35.5. The molecule has 1 N–H and O–H groups in total. The number of hydrogen-bond acceptors (Lipinski definition) is 7. The average Bonchev–Trinajstić information content (AvgIpc) is 3.44. The third-order valence-corrected chi connectivity index (χ3v) is 6.92.